The number of piperidine rings is 1. The number of ether oxygens (including phenoxy) is 1. The van der Waals surface area contributed by atoms with E-state index in [1.807, 2.05) is 4.90 Å². The molecule has 1 fully saturated rings. The van der Waals surface area contributed by atoms with Crippen LogP contribution >= 0.6 is 0 Å². The largest absolute Gasteiger partial charge is 0.495 e. The molecule has 1 aliphatic rings. The predicted octanol–water partition coefficient (Wildman–Crippen LogP) is 3.61. The van der Waals surface area contributed by atoms with E-state index in [-0.39, 0.29) is 10.8 Å². The van der Waals surface area contributed by atoms with Crippen LogP contribution in [0.2, 0.25) is 0 Å². The van der Waals surface area contributed by atoms with Gasteiger partial charge in [0.25, 0.3) is 15.9 Å². The first-order valence-electron chi connectivity index (χ1n) is 9.35. The average Bonchev–Trinajstić information content (AvgIpc) is 2.67. The molecule has 1 saturated heterocycles. The quantitative estimate of drug-likeness (QED) is 0.829. The number of hydrogen-bond acceptors (Lipinski definition) is 4. The summed E-state index contributed by atoms with van der Waals surface area (Å²) in [4.78, 5) is 14.7. The molecule has 6 nitrogen and oxygen atoms in total. The van der Waals surface area contributed by atoms with E-state index in [1.165, 1.54) is 19.2 Å². The van der Waals surface area contributed by atoms with Gasteiger partial charge in [0.05, 0.1) is 17.7 Å². The maximum absolute atomic E-state index is 12.8. The molecular formula is C21H26N2O4S. The fourth-order valence-electron chi connectivity index (χ4n) is 3.72. The number of nitrogens with zero attached hydrogens (tertiary/aromatic N) is 1. The number of para-hydroxylation sites is 2. The number of sulfonamides is 1. The third-order valence-corrected chi connectivity index (χ3v) is 6.30. The number of carbonyl (C=O) groups is 1. The molecule has 0 radical (unpaired) electrons. The monoisotopic (exact) mass is 402 g/mol. The number of amides is 1. The van der Waals surface area contributed by atoms with Crippen LogP contribution in [-0.4, -0.2) is 39.4 Å². The number of carbonyl (C=O) groups excluding carboxylic acids is 1. The van der Waals surface area contributed by atoms with Crippen molar-refractivity contribution in [3.8, 4) is 5.75 Å². The number of likely N-dealkylation sites (tertiary alicyclic amines) is 1. The first kappa shape index (κ1) is 20.2. The van der Waals surface area contributed by atoms with Crippen molar-refractivity contribution in [3.63, 3.8) is 0 Å². The van der Waals surface area contributed by atoms with Crippen molar-refractivity contribution in [2.75, 3.05) is 24.9 Å². The van der Waals surface area contributed by atoms with E-state index in [9.17, 15) is 13.2 Å². The third kappa shape index (κ3) is 4.47. The second kappa shape index (κ2) is 8.22. The SMILES string of the molecule is COc1ccccc1NS(=O)(=O)c1ccc(C(=O)N2C[C@H](C)C[C@H](C)C2)cc1. The smallest absolute Gasteiger partial charge is 0.262 e. The molecule has 2 aromatic rings. The average molecular weight is 403 g/mol. The van der Waals surface area contributed by atoms with Crippen molar-refractivity contribution in [3.05, 3.63) is 54.1 Å². The Kier molecular flexibility index (Phi) is 5.93. The lowest BCUT2D eigenvalue weighted by Gasteiger charge is -2.35. The van der Waals surface area contributed by atoms with E-state index < -0.39 is 10.0 Å². The number of methoxy groups -OCH3 is 1. The Morgan fingerprint density at radius 3 is 2.25 bits per heavy atom. The van der Waals surface area contributed by atoms with E-state index in [0.717, 1.165) is 19.5 Å². The fourth-order valence-corrected chi connectivity index (χ4v) is 4.79. The van der Waals surface area contributed by atoms with E-state index in [2.05, 4.69) is 18.6 Å². The van der Waals surface area contributed by atoms with Crippen molar-refractivity contribution in [2.45, 2.75) is 25.2 Å². The molecule has 0 spiro atoms. The van der Waals surface area contributed by atoms with E-state index in [0.29, 0.717) is 28.8 Å². The Morgan fingerprint density at radius 2 is 1.64 bits per heavy atom. The highest BCUT2D eigenvalue weighted by molar-refractivity contribution is 7.92. The van der Waals surface area contributed by atoms with Gasteiger partial charge >= 0.3 is 0 Å². The van der Waals surface area contributed by atoms with E-state index in [4.69, 9.17) is 4.74 Å². The fraction of sp³-hybridized carbons (Fsp3) is 0.381. The predicted molar refractivity (Wildman–Crippen MR) is 109 cm³/mol. The molecule has 1 amide bonds. The zero-order chi connectivity index (χ0) is 20.3. The minimum Gasteiger partial charge on any atom is -0.495 e. The van der Waals surface area contributed by atoms with Gasteiger partial charge in [-0.2, -0.15) is 0 Å². The number of hydrogen-bond donors (Lipinski definition) is 1. The molecule has 1 N–H and O–H groups in total. The molecule has 2 atom stereocenters. The van der Waals surface area contributed by atoms with E-state index >= 15 is 0 Å². The Labute approximate surface area is 166 Å². The standard InChI is InChI=1S/C21H26N2O4S/c1-15-12-16(2)14-23(13-15)21(24)17-8-10-18(11-9-17)28(25,26)22-19-6-4-5-7-20(19)27-3/h4-11,15-16,22H,12-14H2,1-3H3/t15-,16+. The van der Waals surface area contributed by atoms with Crippen molar-refractivity contribution >= 4 is 21.6 Å². The molecule has 150 valence electrons. The van der Waals surface area contributed by atoms with Crippen LogP contribution in [0.25, 0.3) is 0 Å². The minimum atomic E-state index is -3.79. The second-order valence-corrected chi connectivity index (χ2v) is 9.17. The Balaban J connectivity index is 1.77. The molecule has 0 unspecified atom stereocenters. The summed E-state index contributed by atoms with van der Waals surface area (Å²) in [7, 11) is -2.30. The van der Waals surface area contributed by atoms with Gasteiger partial charge in [-0.05, 0) is 54.7 Å². The molecule has 7 heteroatoms. The van der Waals surface area contributed by atoms with Crippen LogP contribution in [0.15, 0.2) is 53.4 Å². The van der Waals surface area contributed by atoms with Gasteiger partial charge in [0.2, 0.25) is 0 Å². The molecule has 28 heavy (non-hydrogen) atoms. The number of anilines is 1. The summed E-state index contributed by atoms with van der Waals surface area (Å²) in [6.07, 6.45) is 1.12. The summed E-state index contributed by atoms with van der Waals surface area (Å²) in [5, 5.41) is 0. The van der Waals surface area contributed by atoms with Gasteiger partial charge in [-0.1, -0.05) is 26.0 Å². The number of rotatable bonds is 5. The Morgan fingerprint density at radius 1 is 1.04 bits per heavy atom. The van der Waals surface area contributed by atoms with Gasteiger partial charge in [-0.15, -0.1) is 0 Å². The van der Waals surface area contributed by atoms with Gasteiger partial charge in [0.15, 0.2) is 0 Å². The third-order valence-electron chi connectivity index (χ3n) is 4.92. The number of benzene rings is 2. The summed E-state index contributed by atoms with van der Waals surface area (Å²) >= 11 is 0. The molecule has 0 bridgehead atoms. The topological polar surface area (TPSA) is 75.7 Å². The Bertz CT molecular complexity index is 931. The van der Waals surface area contributed by atoms with Crippen molar-refractivity contribution in [1.29, 1.82) is 0 Å². The molecule has 0 aromatic heterocycles. The molecule has 0 saturated carbocycles. The van der Waals surface area contributed by atoms with E-state index in [1.54, 1.807) is 36.4 Å². The number of nitrogens with one attached hydrogen (secondary N) is 1. The zero-order valence-corrected chi connectivity index (χ0v) is 17.2. The molecule has 2 aromatic carbocycles. The molecule has 1 heterocycles. The first-order chi connectivity index (χ1) is 13.3. The summed E-state index contributed by atoms with van der Waals surface area (Å²) in [5.74, 6) is 1.32. The lowest BCUT2D eigenvalue weighted by Crippen LogP contribution is -2.42. The Hall–Kier alpha value is -2.54. The zero-order valence-electron chi connectivity index (χ0n) is 16.4. The van der Waals surface area contributed by atoms with Crippen LogP contribution in [0.5, 0.6) is 5.75 Å². The van der Waals surface area contributed by atoms with Crippen molar-refractivity contribution in [2.24, 2.45) is 11.8 Å². The second-order valence-electron chi connectivity index (χ2n) is 7.49. The van der Waals surface area contributed by atoms with Crippen LogP contribution in [0.1, 0.15) is 30.6 Å². The molecule has 1 aliphatic heterocycles. The van der Waals surface area contributed by atoms with Crippen LogP contribution in [-0.2, 0) is 10.0 Å². The van der Waals surface area contributed by atoms with Gasteiger partial charge in [-0.3, -0.25) is 9.52 Å². The highest BCUT2D eigenvalue weighted by atomic mass is 32.2. The molecular weight excluding hydrogens is 376 g/mol. The maximum atomic E-state index is 12.8. The highest BCUT2D eigenvalue weighted by Gasteiger charge is 2.26. The van der Waals surface area contributed by atoms with Crippen molar-refractivity contribution < 1.29 is 17.9 Å². The lowest BCUT2D eigenvalue weighted by molar-refractivity contribution is 0.0623. The van der Waals surface area contributed by atoms with Crippen LogP contribution in [0.4, 0.5) is 5.69 Å². The van der Waals surface area contributed by atoms with Gasteiger partial charge in [0.1, 0.15) is 5.75 Å². The molecule has 0 aliphatic carbocycles. The van der Waals surface area contributed by atoms with Gasteiger partial charge < -0.3 is 9.64 Å². The van der Waals surface area contributed by atoms with Crippen molar-refractivity contribution in [1.82, 2.24) is 4.90 Å². The summed E-state index contributed by atoms with van der Waals surface area (Å²) < 4.78 is 33.1. The van der Waals surface area contributed by atoms with Crippen LogP contribution < -0.4 is 9.46 Å². The maximum Gasteiger partial charge on any atom is 0.262 e. The lowest BCUT2D eigenvalue weighted by atomic mass is 9.91. The highest BCUT2D eigenvalue weighted by Crippen LogP contribution is 2.27. The summed E-state index contributed by atoms with van der Waals surface area (Å²) in [6, 6.07) is 12.9. The molecule has 3 rings (SSSR count). The van der Waals surface area contributed by atoms with Gasteiger partial charge in [-0.25, -0.2) is 8.42 Å². The van der Waals surface area contributed by atoms with Crippen LogP contribution in [0.3, 0.4) is 0 Å². The van der Waals surface area contributed by atoms with Gasteiger partial charge in [0, 0.05) is 18.7 Å². The van der Waals surface area contributed by atoms with Crippen LogP contribution in [0, 0.1) is 11.8 Å². The summed E-state index contributed by atoms with van der Waals surface area (Å²) in [6.45, 7) is 5.77. The normalized spacial score (nSPS) is 19.9. The first-order valence-corrected chi connectivity index (χ1v) is 10.8. The summed E-state index contributed by atoms with van der Waals surface area (Å²) in [5.41, 5.74) is 0.860. The minimum absolute atomic E-state index is 0.0555.